The van der Waals surface area contributed by atoms with Crippen molar-refractivity contribution in [1.82, 2.24) is 0 Å². The average Bonchev–Trinajstić information content (AvgIpc) is 2.76. The summed E-state index contributed by atoms with van der Waals surface area (Å²) in [5.74, 6) is 0. The van der Waals surface area contributed by atoms with E-state index in [-0.39, 0.29) is 25.1 Å². The average molecular weight is 300 g/mol. The zero-order chi connectivity index (χ0) is 14.2. The number of halogens is 1. The van der Waals surface area contributed by atoms with Gasteiger partial charge in [-0.3, -0.25) is 0 Å². The molecule has 0 amide bonds. The molecule has 1 aromatic rings. The molecule has 114 valence electrons. The number of nitrogens with zero attached hydrogens (tertiary/aromatic N) is 2. The molecule has 2 rings (SSSR count). The zero-order valence-corrected chi connectivity index (χ0v) is 13.6. The number of aryl methyl sites for hydroxylation is 1. The number of likely N-dealkylation sites (N-methyl/N-ethyl adjacent to an activating group) is 1. The molecule has 1 heterocycles. The number of anilines is 2. The van der Waals surface area contributed by atoms with Crippen molar-refractivity contribution in [2.75, 3.05) is 44.9 Å². The van der Waals surface area contributed by atoms with Crippen molar-refractivity contribution in [3.63, 3.8) is 0 Å². The van der Waals surface area contributed by atoms with Crippen molar-refractivity contribution in [2.24, 2.45) is 0 Å². The molecular formula is C15H26ClN3O. The van der Waals surface area contributed by atoms with Gasteiger partial charge in [0.25, 0.3) is 0 Å². The monoisotopic (exact) mass is 299 g/mol. The highest BCUT2D eigenvalue weighted by molar-refractivity contribution is 5.59. The Bertz CT molecular complexity index is 459. The maximum atomic E-state index is 9.63. The lowest BCUT2D eigenvalue weighted by Crippen LogP contribution is -3.00. The summed E-state index contributed by atoms with van der Waals surface area (Å²) in [4.78, 5) is 2.32. The number of hydrogen-bond donors (Lipinski definition) is 2. The van der Waals surface area contributed by atoms with Crippen molar-refractivity contribution in [1.29, 1.82) is 0 Å². The normalized spacial score (nSPS) is 22.8. The molecule has 3 N–H and O–H groups in total. The quantitative estimate of drug-likeness (QED) is 0.513. The van der Waals surface area contributed by atoms with Crippen LogP contribution in [0, 0.1) is 6.92 Å². The topological polar surface area (TPSA) is 49.5 Å². The van der Waals surface area contributed by atoms with Gasteiger partial charge in [-0.05, 0) is 30.7 Å². The Morgan fingerprint density at radius 2 is 2.00 bits per heavy atom. The summed E-state index contributed by atoms with van der Waals surface area (Å²) in [6, 6.07) is 6.90. The van der Waals surface area contributed by atoms with E-state index in [1.165, 1.54) is 5.69 Å². The highest BCUT2D eigenvalue weighted by atomic mass is 35.5. The number of aliphatic hydroxyl groups is 1. The first-order valence-electron chi connectivity index (χ1n) is 6.87. The molecule has 0 spiro atoms. The van der Waals surface area contributed by atoms with Crippen LogP contribution in [0.2, 0.25) is 0 Å². The summed E-state index contributed by atoms with van der Waals surface area (Å²) in [5.41, 5.74) is 8.97. The van der Waals surface area contributed by atoms with Crippen LogP contribution in [-0.2, 0) is 0 Å². The van der Waals surface area contributed by atoms with Gasteiger partial charge in [-0.25, -0.2) is 0 Å². The highest BCUT2D eigenvalue weighted by Crippen LogP contribution is 2.30. The first-order valence-corrected chi connectivity index (χ1v) is 6.87. The van der Waals surface area contributed by atoms with Crippen LogP contribution < -0.4 is 23.0 Å². The van der Waals surface area contributed by atoms with Crippen LogP contribution >= 0.6 is 0 Å². The maximum Gasteiger partial charge on any atom is 0.108 e. The molecule has 5 heteroatoms. The maximum absolute atomic E-state index is 9.63. The molecule has 1 saturated heterocycles. The molecule has 2 unspecified atom stereocenters. The molecule has 20 heavy (non-hydrogen) atoms. The highest BCUT2D eigenvalue weighted by Gasteiger charge is 2.38. The molecule has 1 aliphatic rings. The van der Waals surface area contributed by atoms with Gasteiger partial charge in [-0.2, -0.15) is 0 Å². The van der Waals surface area contributed by atoms with Gasteiger partial charge >= 0.3 is 0 Å². The number of rotatable bonds is 3. The first-order chi connectivity index (χ1) is 8.82. The number of aliphatic hydroxyl groups excluding tert-OH is 1. The van der Waals surface area contributed by atoms with Gasteiger partial charge in [-0.15, -0.1) is 0 Å². The van der Waals surface area contributed by atoms with E-state index in [0.717, 1.165) is 28.7 Å². The van der Waals surface area contributed by atoms with Gasteiger partial charge in [0.15, 0.2) is 0 Å². The third-order valence-corrected chi connectivity index (χ3v) is 4.28. The van der Waals surface area contributed by atoms with E-state index in [9.17, 15) is 5.11 Å². The van der Waals surface area contributed by atoms with Crippen molar-refractivity contribution < 1.29 is 22.0 Å². The van der Waals surface area contributed by atoms with Gasteiger partial charge in [0, 0.05) is 17.8 Å². The van der Waals surface area contributed by atoms with Crippen LogP contribution in [0.15, 0.2) is 18.2 Å². The standard InChI is InChI=1S/C15H26N3O.ClH/c1-11-7-12(5-6-15(11)16)17-9-14(18(2,3)4)8-13(17)10-19;/h5-7,13-14,19H,8-10,16H2,1-4H3;1H/q+1;/p-1. The number of nitrogens with two attached hydrogens (primary N) is 1. The number of nitrogen functional groups attached to an aromatic ring is 1. The van der Waals surface area contributed by atoms with E-state index in [0.29, 0.717) is 6.04 Å². The minimum Gasteiger partial charge on any atom is -1.00 e. The number of benzene rings is 1. The molecule has 1 fully saturated rings. The van der Waals surface area contributed by atoms with E-state index >= 15 is 0 Å². The fourth-order valence-corrected chi connectivity index (χ4v) is 2.78. The number of hydrogen-bond acceptors (Lipinski definition) is 3. The molecule has 0 aromatic heterocycles. The molecule has 0 bridgehead atoms. The van der Waals surface area contributed by atoms with E-state index in [1.807, 2.05) is 13.0 Å². The van der Waals surface area contributed by atoms with E-state index in [1.54, 1.807) is 0 Å². The van der Waals surface area contributed by atoms with Crippen LogP contribution in [0.5, 0.6) is 0 Å². The molecule has 0 saturated carbocycles. The van der Waals surface area contributed by atoms with Gasteiger partial charge in [0.2, 0.25) is 0 Å². The molecule has 2 atom stereocenters. The Balaban J connectivity index is 0.00000200. The first kappa shape index (κ1) is 17.1. The SMILES string of the molecule is Cc1cc(N2CC([N+](C)(C)C)CC2CO)ccc1N.[Cl-]. The molecule has 0 radical (unpaired) electrons. The second-order valence-corrected chi connectivity index (χ2v) is 6.54. The van der Waals surface area contributed by atoms with E-state index in [4.69, 9.17) is 5.73 Å². The summed E-state index contributed by atoms with van der Waals surface area (Å²) >= 11 is 0. The lowest BCUT2D eigenvalue weighted by atomic mass is 10.1. The second-order valence-electron chi connectivity index (χ2n) is 6.54. The summed E-state index contributed by atoms with van der Waals surface area (Å²) in [5, 5.41) is 9.63. The summed E-state index contributed by atoms with van der Waals surface area (Å²) in [6.07, 6.45) is 1.03. The van der Waals surface area contributed by atoms with Crippen LogP contribution in [0.4, 0.5) is 11.4 Å². The predicted molar refractivity (Wildman–Crippen MR) is 80.2 cm³/mol. The molecular weight excluding hydrogens is 274 g/mol. The Hall–Kier alpha value is -0.970. The molecule has 4 nitrogen and oxygen atoms in total. The lowest BCUT2D eigenvalue weighted by Gasteiger charge is -2.31. The van der Waals surface area contributed by atoms with Crippen molar-refractivity contribution in [3.8, 4) is 0 Å². The minimum absolute atomic E-state index is 0. The fraction of sp³-hybridized carbons (Fsp3) is 0.600. The summed E-state index contributed by atoms with van der Waals surface area (Å²) < 4.78 is 0.932. The predicted octanol–water partition coefficient (Wildman–Crippen LogP) is -1.77. The second kappa shape index (κ2) is 6.20. The summed E-state index contributed by atoms with van der Waals surface area (Å²) in [6.45, 7) is 3.22. The fourth-order valence-electron chi connectivity index (χ4n) is 2.78. The van der Waals surface area contributed by atoms with Gasteiger partial charge in [0.05, 0.1) is 40.3 Å². The van der Waals surface area contributed by atoms with E-state index in [2.05, 4.69) is 38.2 Å². The Kier molecular flexibility index (Phi) is 5.30. The third-order valence-electron chi connectivity index (χ3n) is 4.28. The van der Waals surface area contributed by atoms with Crippen molar-refractivity contribution >= 4 is 11.4 Å². The zero-order valence-electron chi connectivity index (χ0n) is 12.8. The number of quaternary nitrogens is 1. The molecule has 1 aliphatic heterocycles. The third kappa shape index (κ3) is 3.37. The van der Waals surface area contributed by atoms with Gasteiger partial charge < -0.3 is 32.6 Å². The van der Waals surface area contributed by atoms with Crippen LogP contribution in [0.25, 0.3) is 0 Å². The van der Waals surface area contributed by atoms with Crippen LogP contribution in [0.3, 0.4) is 0 Å². The molecule has 1 aromatic carbocycles. The Morgan fingerprint density at radius 3 is 2.50 bits per heavy atom. The van der Waals surface area contributed by atoms with Gasteiger partial charge in [0.1, 0.15) is 6.04 Å². The van der Waals surface area contributed by atoms with Crippen molar-refractivity contribution in [2.45, 2.75) is 25.4 Å². The largest absolute Gasteiger partial charge is 1.00 e. The Labute approximate surface area is 128 Å². The van der Waals surface area contributed by atoms with E-state index < -0.39 is 0 Å². The smallest absolute Gasteiger partial charge is 0.108 e. The van der Waals surface area contributed by atoms with Crippen molar-refractivity contribution in [3.05, 3.63) is 23.8 Å². The van der Waals surface area contributed by atoms with Gasteiger partial charge in [-0.1, -0.05) is 0 Å². The minimum atomic E-state index is 0. The summed E-state index contributed by atoms with van der Waals surface area (Å²) in [7, 11) is 6.66. The lowest BCUT2D eigenvalue weighted by molar-refractivity contribution is -0.893. The molecule has 0 aliphatic carbocycles. The Morgan fingerprint density at radius 1 is 1.35 bits per heavy atom. The van der Waals surface area contributed by atoms with Crippen LogP contribution in [0.1, 0.15) is 12.0 Å². The van der Waals surface area contributed by atoms with Crippen LogP contribution in [-0.4, -0.2) is 56.0 Å².